The number of halogens is 2. The predicted molar refractivity (Wildman–Crippen MR) is 135 cm³/mol. The Kier molecular flexibility index (Phi) is 7.92. The van der Waals surface area contributed by atoms with Crippen LogP contribution < -0.4 is 16.0 Å². The van der Waals surface area contributed by atoms with Crippen molar-refractivity contribution in [2.24, 2.45) is 5.41 Å². The quantitative estimate of drug-likeness (QED) is 0.406. The van der Waals surface area contributed by atoms with Gasteiger partial charge in [0.05, 0.1) is 28.8 Å². The molecule has 6 nitrogen and oxygen atoms in total. The number of anilines is 2. The second-order valence-corrected chi connectivity index (χ2v) is 10.1. The largest absolute Gasteiger partial charge is 0.383 e. The van der Waals surface area contributed by atoms with Crippen molar-refractivity contribution in [2.45, 2.75) is 63.6 Å². The monoisotopic (exact) mass is 485 g/mol. The third-order valence-corrected chi connectivity index (χ3v) is 7.16. The highest BCUT2D eigenvalue weighted by Crippen LogP contribution is 2.45. The highest BCUT2D eigenvalue weighted by molar-refractivity contribution is 6.33. The van der Waals surface area contributed by atoms with Gasteiger partial charge in [0.25, 0.3) is 0 Å². The molecule has 2 saturated carbocycles. The minimum absolute atomic E-state index is 0.341. The molecule has 0 aliphatic heterocycles. The van der Waals surface area contributed by atoms with Crippen LogP contribution in [0.5, 0.6) is 0 Å². The Morgan fingerprint density at radius 1 is 1.24 bits per heavy atom. The first-order valence-corrected chi connectivity index (χ1v) is 12.4. The van der Waals surface area contributed by atoms with Gasteiger partial charge in [-0.15, -0.1) is 0 Å². The summed E-state index contributed by atoms with van der Waals surface area (Å²) in [5.41, 5.74) is 1.63. The number of ether oxygens (including phenoxy) is 1. The van der Waals surface area contributed by atoms with Gasteiger partial charge in [-0.05, 0) is 69.2 Å². The standard InChI is InChI=1S/C26H33ClFN5O/c1-17(14-34-2)32-19-4-6-20(7-5-19)33-25-12-21(22(27)13-30-25)18-3-8-23(28)24(11-18)31-16-26(15-29)9-10-26/h3,8,11-13,17,19-20,31-32H,4-7,9-10,14,16H2,1-2H3,(H,30,33)/t17-,19-,20-/m0/s1. The van der Waals surface area contributed by atoms with E-state index in [1.54, 1.807) is 25.4 Å². The van der Waals surface area contributed by atoms with Gasteiger partial charge in [-0.3, -0.25) is 0 Å². The Bertz CT molecular complexity index is 1030. The summed E-state index contributed by atoms with van der Waals surface area (Å²) < 4.78 is 19.6. The predicted octanol–water partition coefficient (Wildman–Crippen LogP) is 5.60. The molecule has 2 aromatic rings. The van der Waals surface area contributed by atoms with Gasteiger partial charge >= 0.3 is 0 Å². The lowest BCUT2D eigenvalue weighted by Gasteiger charge is -2.32. The molecular formula is C26H33ClFN5O. The molecule has 0 unspecified atom stereocenters. The molecule has 182 valence electrons. The number of hydrogen-bond donors (Lipinski definition) is 3. The molecule has 0 bridgehead atoms. The van der Waals surface area contributed by atoms with Gasteiger partial charge < -0.3 is 20.7 Å². The zero-order valence-electron chi connectivity index (χ0n) is 19.8. The van der Waals surface area contributed by atoms with E-state index >= 15 is 0 Å². The van der Waals surface area contributed by atoms with Crippen molar-refractivity contribution in [3.8, 4) is 17.2 Å². The zero-order chi connectivity index (χ0) is 24.1. The lowest BCUT2D eigenvalue weighted by Crippen LogP contribution is -2.42. The van der Waals surface area contributed by atoms with Crippen LogP contribution in [0, 0.1) is 22.6 Å². The molecule has 1 aromatic carbocycles. The molecule has 3 N–H and O–H groups in total. The van der Waals surface area contributed by atoms with Gasteiger partial charge in [0, 0.05) is 43.5 Å². The van der Waals surface area contributed by atoms with Crippen LogP contribution in [0.25, 0.3) is 11.1 Å². The molecule has 2 aliphatic carbocycles. The first-order chi connectivity index (χ1) is 16.4. The van der Waals surface area contributed by atoms with Gasteiger partial charge in [-0.25, -0.2) is 9.37 Å². The maximum Gasteiger partial charge on any atom is 0.146 e. The second-order valence-electron chi connectivity index (χ2n) is 9.71. The summed E-state index contributed by atoms with van der Waals surface area (Å²) in [6.45, 7) is 3.31. The average molecular weight is 486 g/mol. The van der Waals surface area contributed by atoms with E-state index in [0.29, 0.717) is 35.4 Å². The van der Waals surface area contributed by atoms with Crippen molar-refractivity contribution in [2.75, 3.05) is 30.9 Å². The summed E-state index contributed by atoms with van der Waals surface area (Å²) in [6, 6.07) is 10.4. The van der Waals surface area contributed by atoms with Crippen molar-refractivity contribution in [3.05, 3.63) is 41.3 Å². The minimum Gasteiger partial charge on any atom is -0.383 e. The van der Waals surface area contributed by atoms with Crippen LogP contribution in [0.3, 0.4) is 0 Å². The van der Waals surface area contributed by atoms with E-state index in [2.05, 4.69) is 33.9 Å². The Morgan fingerprint density at radius 2 is 1.97 bits per heavy atom. The number of methoxy groups -OCH3 is 1. The Labute approximate surface area is 206 Å². The van der Waals surface area contributed by atoms with Gasteiger partial charge in [-0.1, -0.05) is 17.7 Å². The third kappa shape index (κ3) is 6.18. The van der Waals surface area contributed by atoms with Gasteiger partial charge in [0.2, 0.25) is 0 Å². The number of pyridine rings is 1. The molecule has 1 atom stereocenters. The number of nitrogens with zero attached hydrogens (tertiary/aromatic N) is 2. The minimum atomic E-state index is -0.357. The first-order valence-electron chi connectivity index (χ1n) is 12.0. The van der Waals surface area contributed by atoms with E-state index in [9.17, 15) is 9.65 Å². The van der Waals surface area contributed by atoms with Crippen LogP contribution in [0.2, 0.25) is 5.02 Å². The van der Waals surface area contributed by atoms with Crippen LogP contribution >= 0.6 is 11.6 Å². The molecule has 0 amide bonds. The van der Waals surface area contributed by atoms with Crippen LogP contribution in [-0.4, -0.2) is 43.4 Å². The summed E-state index contributed by atoms with van der Waals surface area (Å²) in [4.78, 5) is 4.48. The summed E-state index contributed by atoms with van der Waals surface area (Å²) in [5.74, 6) is 0.426. The van der Waals surface area contributed by atoms with Crippen molar-refractivity contribution in [1.29, 1.82) is 5.26 Å². The molecule has 4 rings (SSSR count). The third-order valence-electron chi connectivity index (χ3n) is 6.86. The van der Waals surface area contributed by atoms with E-state index < -0.39 is 0 Å². The SMILES string of the molecule is COC[C@H](C)N[C@H]1CC[C@H](Nc2cc(-c3ccc(F)c(NCC4(C#N)CC4)c3)c(Cl)cn2)CC1. The molecule has 34 heavy (non-hydrogen) atoms. The molecule has 1 heterocycles. The van der Waals surface area contributed by atoms with Crippen molar-refractivity contribution in [1.82, 2.24) is 10.3 Å². The fraction of sp³-hybridized carbons (Fsp3) is 0.538. The topological polar surface area (TPSA) is 82.0 Å². The number of aromatic nitrogens is 1. The Hall–Kier alpha value is -2.40. The lowest BCUT2D eigenvalue weighted by atomic mass is 9.90. The van der Waals surface area contributed by atoms with E-state index in [0.717, 1.165) is 62.1 Å². The highest BCUT2D eigenvalue weighted by Gasteiger charge is 2.43. The Balaban J connectivity index is 1.40. The first kappa shape index (κ1) is 24.7. The van der Waals surface area contributed by atoms with E-state index in [-0.39, 0.29) is 11.2 Å². The number of hydrogen-bond acceptors (Lipinski definition) is 6. The molecule has 0 spiro atoms. The van der Waals surface area contributed by atoms with Gasteiger partial charge in [-0.2, -0.15) is 5.26 Å². The maximum atomic E-state index is 14.4. The number of nitrogens with one attached hydrogen (secondary N) is 3. The molecular weight excluding hydrogens is 453 g/mol. The van der Waals surface area contributed by atoms with E-state index in [4.69, 9.17) is 16.3 Å². The summed E-state index contributed by atoms with van der Waals surface area (Å²) in [6.07, 6.45) is 7.67. The molecule has 8 heteroatoms. The van der Waals surface area contributed by atoms with E-state index in [1.807, 2.05) is 6.07 Å². The van der Waals surface area contributed by atoms with Crippen LogP contribution in [-0.2, 0) is 4.74 Å². The maximum absolute atomic E-state index is 14.4. The Morgan fingerprint density at radius 3 is 2.65 bits per heavy atom. The molecule has 0 saturated heterocycles. The fourth-order valence-corrected chi connectivity index (χ4v) is 4.84. The zero-order valence-corrected chi connectivity index (χ0v) is 20.6. The molecule has 2 fully saturated rings. The van der Waals surface area contributed by atoms with Crippen LogP contribution in [0.1, 0.15) is 45.4 Å². The molecule has 1 aromatic heterocycles. The number of nitriles is 1. The average Bonchev–Trinajstić information content (AvgIpc) is 3.62. The van der Waals surface area contributed by atoms with Crippen molar-refractivity contribution < 1.29 is 9.13 Å². The number of rotatable bonds is 10. The van der Waals surface area contributed by atoms with Crippen molar-refractivity contribution >= 4 is 23.1 Å². The van der Waals surface area contributed by atoms with Crippen LogP contribution in [0.15, 0.2) is 30.5 Å². The molecule has 2 aliphatic rings. The van der Waals surface area contributed by atoms with Crippen LogP contribution in [0.4, 0.5) is 15.9 Å². The highest BCUT2D eigenvalue weighted by atomic mass is 35.5. The summed E-state index contributed by atoms with van der Waals surface area (Å²) >= 11 is 6.47. The second kappa shape index (κ2) is 10.9. The fourth-order valence-electron chi connectivity index (χ4n) is 4.62. The molecule has 0 radical (unpaired) electrons. The van der Waals surface area contributed by atoms with Gasteiger partial charge in [0.15, 0.2) is 0 Å². The number of benzene rings is 1. The smallest absolute Gasteiger partial charge is 0.146 e. The lowest BCUT2D eigenvalue weighted by molar-refractivity contribution is 0.161. The summed E-state index contributed by atoms with van der Waals surface area (Å²) in [5, 5.41) is 20.1. The summed E-state index contributed by atoms with van der Waals surface area (Å²) in [7, 11) is 1.73. The normalized spacial score (nSPS) is 22.0. The van der Waals surface area contributed by atoms with E-state index in [1.165, 1.54) is 6.07 Å². The van der Waals surface area contributed by atoms with Crippen molar-refractivity contribution in [3.63, 3.8) is 0 Å². The van der Waals surface area contributed by atoms with Gasteiger partial charge in [0.1, 0.15) is 11.6 Å².